The molecule has 0 saturated heterocycles. The molecule has 0 aliphatic carbocycles. The molecule has 162 valence electrons. The largest absolute Gasteiger partial charge is 0.353 e. The van der Waals surface area contributed by atoms with Crippen molar-refractivity contribution in [2.45, 2.75) is 13.1 Å². The number of amides is 1. The van der Waals surface area contributed by atoms with Crippen molar-refractivity contribution in [3.8, 4) is 21.8 Å². The molecule has 1 aromatic carbocycles. The monoisotopic (exact) mass is 451 g/mol. The Morgan fingerprint density at radius 1 is 0.906 bits per heavy atom. The Hall–Kier alpha value is -3.92. The summed E-state index contributed by atoms with van der Waals surface area (Å²) in [5.41, 5.74) is 1.08. The van der Waals surface area contributed by atoms with Gasteiger partial charge in [0.25, 0.3) is 11.1 Å². The summed E-state index contributed by atoms with van der Waals surface area (Å²) in [5, 5.41) is 13.1. The van der Waals surface area contributed by atoms with Crippen LogP contribution in [0.4, 0.5) is 4.39 Å². The highest BCUT2D eigenvalue weighted by Crippen LogP contribution is 2.21. The Morgan fingerprint density at radius 2 is 1.59 bits per heavy atom. The number of carbonyl (C=O) groups excluding carboxylic acids is 1. The lowest BCUT2D eigenvalue weighted by Gasteiger charge is -2.09. The van der Waals surface area contributed by atoms with Crippen molar-refractivity contribution in [3.63, 3.8) is 0 Å². The van der Waals surface area contributed by atoms with E-state index in [2.05, 4.69) is 15.5 Å². The molecule has 3 aromatic heterocycles. The summed E-state index contributed by atoms with van der Waals surface area (Å²) < 4.78 is 15.4. The molecular weight excluding hydrogens is 433 g/mol. The number of benzene rings is 1. The maximum absolute atomic E-state index is 13.1. The molecule has 0 fully saturated rings. The van der Waals surface area contributed by atoms with E-state index in [1.807, 2.05) is 17.5 Å². The molecule has 0 aliphatic rings. The highest BCUT2D eigenvalue weighted by Gasteiger charge is 2.09. The van der Waals surface area contributed by atoms with Crippen molar-refractivity contribution >= 4 is 17.2 Å². The van der Waals surface area contributed by atoms with E-state index in [0.717, 1.165) is 9.56 Å². The van der Waals surface area contributed by atoms with Gasteiger partial charge in [-0.25, -0.2) is 13.8 Å². The molecule has 4 aromatic rings. The summed E-state index contributed by atoms with van der Waals surface area (Å²) in [7, 11) is 0. The van der Waals surface area contributed by atoms with Crippen LogP contribution in [0.3, 0.4) is 0 Å². The average molecular weight is 451 g/mol. The molecule has 0 aliphatic heterocycles. The van der Waals surface area contributed by atoms with E-state index in [-0.39, 0.29) is 36.6 Å². The number of halogens is 1. The molecule has 4 rings (SSSR count). The molecular formula is C22H18FN5O3S. The Balaban J connectivity index is 1.39. The van der Waals surface area contributed by atoms with Gasteiger partial charge in [0.15, 0.2) is 0 Å². The van der Waals surface area contributed by atoms with Gasteiger partial charge >= 0.3 is 0 Å². The minimum Gasteiger partial charge on any atom is -0.353 e. The highest BCUT2D eigenvalue weighted by atomic mass is 32.1. The molecule has 0 bridgehead atoms. The van der Waals surface area contributed by atoms with Gasteiger partial charge in [0.05, 0.1) is 17.1 Å². The topological polar surface area (TPSA) is 98.9 Å². The SMILES string of the molecule is O=C(Cn1nc(-c2cccs2)ccc1=O)NCCn1nc(-c2ccc(F)cc2)ccc1=O. The molecule has 10 heteroatoms. The van der Waals surface area contributed by atoms with Crippen LogP contribution in [-0.2, 0) is 17.9 Å². The highest BCUT2D eigenvalue weighted by molar-refractivity contribution is 7.13. The minimum atomic E-state index is -0.411. The van der Waals surface area contributed by atoms with Crippen molar-refractivity contribution in [2.24, 2.45) is 0 Å². The molecule has 1 N–H and O–H groups in total. The van der Waals surface area contributed by atoms with Crippen molar-refractivity contribution in [1.82, 2.24) is 24.9 Å². The van der Waals surface area contributed by atoms with Crippen LogP contribution in [0.2, 0.25) is 0 Å². The van der Waals surface area contributed by atoms with E-state index in [1.54, 1.807) is 24.3 Å². The molecule has 0 radical (unpaired) electrons. The molecule has 8 nitrogen and oxygen atoms in total. The van der Waals surface area contributed by atoms with Crippen molar-refractivity contribution in [3.05, 3.63) is 92.6 Å². The first-order valence-electron chi connectivity index (χ1n) is 9.72. The number of thiophene rings is 1. The predicted octanol–water partition coefficient (Wildman–Crippen LogP) is 2.15. The van der Waals surface area contributed by atoms with E-state index in [1.165, 1.54) is 40.3 Å². The van der Waals surface area contributed by atoms with Crippen LogP contribution in [-0.4, -0.2) is 32.0 Å². The van der Waals surface area contributed by atoms with Crippen LogP contribution in [0.15, 0.2) is 75.6 Å². The van der Waals surface area contributed by atoms with Crippen LogP contribution in [0.1, 0.15) is 0 Å². The maximum Gasteiger partial charge on any atom is 0.267 e. The molecule has 0 saturated carbocycles. The van der Waals surface area contributed by atoms with Gasteiger partial charge in [-0.2, -0.15) is 10.2 Å². The van der Waals surface area contributed by atoms with E-state index < -0.39 is 5.91 Å². The Kier molecular flexibility index (Phi) is 6.31. The number of carbonyl (C=O) groups is 1. The average Bonchev–Trinajstić information content (AvgIpc) is 3.32. The van der Waals surface area contributed by atoms with Gasteiger partial charge in [-0.1, -0.05) is 6.07 Å². The Bertz CT molecular complexity index is 1350. The third-order valence-corrected chi connectivity index (χ3v) is 5.48. The third-order valence-electron chi connectivity index (χ3n) is 4.59. The second-order valence-corrected chi connectivity index (χ2v) is 7.78. The maximum atomic E-state index is 13.1. The molecule has 0 unspecified atom stereocenters. The zero-order valence-electron chi connectivity index (χ0n) is 16.8. The van der Waals surface area contributed by atoms with Crippen LogP contribution in [0.5, 0.6) is 0 Å². The van der Waals surface area contributed by atoms with Gasteiger partial charge < -0.3 is 5.32 Å². The smallest absolute Gasteiger partial charge is 0.267 e. The zero-order chi connectivity index (χ0) is 22.5. The summed E-state index contributed by atoms with van der Waals surface area (Å²) in [5.74, 6) is -0.773. The fourth-order valence-corrected chi connectivity index (χ4v) is 3.69. The predicted molar refractivity (Wildman–Crippen MR) is 119 cm³/mol. The first-order valence-corrected chi connectivity index (χ1v) is 10.6. The van der Waals surface area contributed by atoms with Gasteiger partial charge in [-0.05, 0) is 47.8 Å². The second-order valence-electron chi connectivity index (χ2n) is 6.83. The second kappa shape index (κ2) is 9.48. The van der Waals surface area contributed by atoms with Crippen molar-refractivity contribution < 1.29 is 9.18 Å². The number of nitrogens with zero attached hydrogens (tertiary/aromatic N) is 4. The fourth-order valence-electron chi connectivity index (χ4n) is 2.99. The normalized spacial score (nSPS) is 10.8. The molecule has 32 heavy (non-hydrogen) atoms. The number of rotatable bonds is 7. The summed E-state index contributed by atoms with van der Waals surface area (Å²) in [4.78, 5) is 37.3. The number of hydrogen-bond acceptors (Lipinski definition) is 6. The van der Waals surface area contributed by atoms with Gasteiger partial charge in [-0.15, -0.1) is 11.3 Å². The standard InChI is InChI=1S/C22H18FN5O3S/c23-16-5-3-15(4-6-16)17-7-9-21(30)27(25-17)12-11-24-20(29)14-28-22(31)10-8-18(26-28)19-2-1-13-32-19/h1-10,13H,11-12,14H2,(H,24,29). The molecule has 0 spiro atoms. The first kappa shape index (κ1) is 21.3. The van der Waals surface area contributed by atoms with Crippen LogP contribution < -0.4 is 16.4 Å². The van der Waals surface area contributed by atoms with E-state index in [4.69, 9.17) is 0 Å². The summed E-state index contributed by atoms with van der Waals surface area (Å²) in [6.45, 7) is 0.0329. The number of aromatic nitrogens is 4. The third kappa shape index (κ3) is 5.03. The van der Waals surface area contributed by atoms with E-state index >= 15 is 0 Å². The molecule has 0 atom stereocenters. The number of hydrogen-bond donors (Lipinski definition) is 1. The summed E-state index contributed by atoms with van der Waals surface area (Å²) in [6, 6.07) is 15.5. The quantitative estimate of drug-likeness (QED) is 0.464. The van der Waals surface area contributed by atoms with E-state index in [0.29, 0.717) is 17.0 Å². The van der Waals surface area contributed by atoms with E-state index in [9.17, 15) is 18.8 Å². The summed E-state index contributed by atoms with van der Waals surface area (Å²) in [6.07, 6.45) is 0. The van der Waals surface area contributed by atoms with Crippen LogP contribution in [0.25, 0.3) is 21.8 Å². The molecule has 1 amide bonds. The van der Waals surface area contributed by atoms with Crippen molar-refractivity contribution in [1.29, 1.82) is 0 Å². The lowest BCUT2D eigenvalue weighted by atomic mass is 10.1. The van der Waals surface area contributed by atoms with Gasteiger partial charge in [0.1, 0.15) is 18.1 Å². The Morgan fingerprint density at radius 3 is 2.31 bits per heavy atom. The Labute approximate surface area is 185 Å². The van der Waals surface area contributed by atoms with Gasteiger partial charge in [0.2, 0.25) is 5.91 Å². The minimum absolute atomic E-state index is 0.136. The lowest BCUT2D eigenvalue weighted by Crippen LogP contribution is -2.36. The lowest BCUT2D eigenvalue weighted by molar-refractivity contribution is -0.121. The van der Waals surface area contributed by atoms with Crippen LogP contribution >= 0.6 is 11.3 Å². The van der Waals surface area contributed by atoms with Gasteiger partial charge in [0, 0.05) is 24.2 Å². The molecule has 3 heterocycles. The van der Waals surface area contributed by atoms with Gasteiger partial charge in [-0.3, -0.25) is 14.4 Å². The van der Waals surface area contributed by atoms with Crippen LogP contribution in [0, 0.1) is 5.82 Å². The first-order chi connectivity index (χ1) is 15.5. The zero-order valence-corrected chi connectivity index (χ0v) is 17.6. The fraction of sp³-hybridized carbons (Fsp3) is 0.136. The number of nitrogens with one attached hydrogen (secondary N) is 1. The van der Waals surface area contributed by atoms with Crippen molar-refractivity contribution in [2.75, 3.05) is 6.54 Å². The summed E-state index contributed by atoms with van der Waals surface area (Å²) >= 11 is 1.49.